The molecular formula is C16H15IN2O3. The van der Waals surface area contributed by atoms with Gasteiger partial charge in [-0.15, -0.1) is 0 Å². The third-order valence-corrected chi connectivity index (χ3v) is 4.47. The van der Waals surface area contributed by atoms with Crippen LogP contribution in [0, 0.1) is 20.5 Å². The Morgan fingerprint density at radius 1 is 1.41 bits per heavy atom. The maximum Gasteiger partial charge on any atom is 0.192 e. The van der Waals surface area contributed by atoms with Crippen molar-refractivity contribution in [1.82, 2.24) is 0 Å². The third kappa shape index (κ3) is 2.43. The van der Waals surface area contributed by atoms with Gasteiger partial charge in [0.15, 0.2) is 21.4 Å². The molecule has 0 aromatic carbocycles. The van der Waals surface area contributed by atoms with Crippen molar-refractivity contribution in [2.24, 2.45) is 11.1 Å². The molecule has 1 aliphatic heterocycles. The van der Waals surface area contributed by atoms with Crippen LogP contribution in [0.4, 0.5) is 0 Å². The number of furan rings is 1. The van der Waals surface area contributed by atoms with Crippen LogP contribution in [-0.2, 0) is 9.53 Å². The van der Waals surface area contributed by atoms with Crippen LogP contribution in [0.25, 0.3) is 0 Å². The second-order valence-corrected chi connectivity index (χ2v) is 7.38. The number of ketones is 1. The van der Waals surface area contributed by atoms with Crippen LogP contribution in [0.3, 0.4) is 0 Å². The number of ether oxygens (including phenoxy) is 1. The number of hydrogen-bond donors (Lipinski definition) is 1. The average molecular weight is 410 g/mol. The summed E-state index contributed by atoms with van der Waals surface area (Å²) < 4.78 is 12.2. The lowest BCUT2D eigenvalue weighted by atomic mass is 9.74. The molecule has 1 aliphatic carbocycles. The first kappa shape index (κ1) is 15.2. The van der Waals surface area contributed by atoms with E-state index in [9.17, 15) is 10.1 Å². The molecular weight excluding hydrogens is 395 g/mol. The van der Waals surface area contributed by atoms with E-state index >= 15 is 0 Å². The maximum absolute atomic E-state index is 12.4. The van der Waals surface area contributed by atoms with Crippen LogP contribution < -0.4 is 5.73 Å². The van der Waals surface area contributed by atoms with Crippen molar-refractivity contribution < 1.29 is 13.9 Å². The number of nitrogens with zero attached hydrogens (tertiary/aromatic N) is 1. The molecule has 0 saturated carbocycles. The summed E-state index contributed by atoms with van der Waals surface area (Å²) >= 11 is 2.05. The van der Waals surface area contributed by atoms with Crippen LogP contribution >= 0.6 is 22.6 Å². The lowest BCUT2D eigenvalue weighted by Crippen LogP contribution is -2.33. The number of nitrogens with two attached hydrogens (primary N) is 1. The van der Waals surface area contributed by atoms with Crippen molar-refractivity contribution in [1.29, 1.82) is 5.26 Å². The molecule has 0 saturated heterocycles. The Morgan fingerprint density at radius 3 is 2.73 bits per heavy atom. The second-order valence-electron chi connectivity index (χ2n) is 6.32. The standard InChI is InChI=1S/C16H15IN2O3/c1-16(2)5-9(20)13-11(6-16)22-15(8(7-18)14(13)19)10-3-4-12(17)21-10/h3-4,15H,5-6,19H2,1-2H3/t15-/m0/s1. The normalized spacial score (nSPS) is 23.9. The van der Waals surface area contributed by atoms with Crippen LogP contribution in [-0.4, -0.2) is 5.78 Å². The second kappa shape index (κ2) is 5.16. The van der Waals surface area contributed by atoms with Crippen LogP contribution in [0.5, 0.6) is 0 Å². The summed E-state index contributed by atoms with van der Waals surface area (Å²) in [7, 11) is 0. The van der Waals surface area contributed by atoms with Crippen molar-refractivity contribution in [2.45, 2.75) is 32.8 Å². The lowest BCUT2D eigenvalue weighted by molar-refractivity contribution is -0.118. The summed E-state index contributed by atoms with van der Waals surface area (Å²) in [5, 5.41) is 9.43. The van der Waals surface area contributed by atoms with Gasteiger partial charge in [0.1, 0.15) is 17.4 Å². The first-order valence-electron chi connectivity index (χ1n) is 6.91. The smallest absolute Gasteiger partial charge is 0.192 e. The zero-order valence-corrected chi connectivity index (χ0v) is 14.4. The molecule has 0 radical (unpaired) electrons. The van der Waals surface area contributed by atoms with Gasteiger partial charge in [-0.1, -0.05) is 13.8 Å². The number of carbonyl (C=O) groups is 1. The molecule has 2 heterocycles. The molecule has 6 heteroatoms. The number of carbonyl (C=O) groups excluding carboxylic acids is 1. The van der Waals surface area contributed by atoms with Gasteiger partial charge in [-0.2, -0.15) is 5.26 Å². The van der Waals surface area contributed by atoms with Crippen LogP contribution in [0.1, 0.15) is 38.6 Å². The number of hydrogen-bond acceptors (Lipinski definition) is 5. The van der Waals surface area contributed by atoms with Crippen LogP contribution in [0.2, 0.25) is 0 Å². The largest absolute Gasteiger partial charge is 0.480 e. The van der Waals surface area contributed by atoms with Gasteiger partial charge in [0, 0.05) is 12.8 Å². The monoisotopic (exact) mass is 410 g/mol. The Kier molecular flexibility index (Phi) is 3.56. The Bertz CT molecular complexity index is 765. The van der Waals surface area contributed by atoms with E-state index in [1.54, 1.807) is 12.1 Å². The maximum atomic E-state index is 12.4. The van der Waals surface area contributed by atoms with Gasteiger partial charge in [0.05, 0.1) is 11.3 Å². The minimum atomic E-state index is -0.686. The topological polar surface area (TPSA) is 89.2 Å². The molecule has 0 spiro atoms. The van der Waals surface area contributed by atoms with Crippen molar-refractivity contribution >= 4 is 28.4 Å². The highest BCUT2D eigenvalue weighted by Crippen LogP contribution is 2.46. The summed E-state index contributed by atoms with van der Waals surface area (Å²) in [6.45, 7) is 4.03. The number of Topliss-reactive ketones (excluding diaryl/α,β-unsaturated/α-hetero) is 1. The molecule has 1 aromatic rings. The van der Waals surface area contributed by atoms with Gasteiger partial charge >= 0.3 is 0 Å². The fourth-order valence-corrected chi connectivity index (χ4v) is 3.36. The number of rotatable bonds is 1. The van der Waals surface area contributed by atoms with E-state index in [0.29, 0.717) is 33.7 Å². The Hall–Kier alpha value is -1.75. The minimum absolute atomic E-state index is 0.0658. The zero-order chi connectivity index (χ0) is 16.1. The number of halogens is 1. The molecule has 5 nitrogen and oxygen atoms in total. The summed E-state index contributed by atoms with van der Waals surface area (Å²) in [6, 6.07) is 5.62. The van der Waals surface area contributed by atoms with Crippen molar-refractivity contribution in [3.05, 3.63) is 44.3 Å². The van der Waals surface area contributed by atoms with Crippen LogP contribution in [0.15, 0.2) is 39.2 Å². The minimum Gasteiger partial charge on any atom is -0.480 e. The third-order valence-electron chi connectivity index (χ3n) is 3.89. The summed E-state index contributed by atoms with van der Waals surface area (Å²) in [4.78, 5) is 12.4. The highest BCUT2D eigenvalue weighted by atomic mass is 127. The predicted molar refractivity (Wildman–Crippen MR) is 87.1 cm³/mol. The highest BCUT2D eigenvalue weighted by molar-refractivity contribution is 14.1. The molecule has 3 rings (SSSR count). The van der Waals surface area contributed by atoms with E-state index in [0.717, 1.165) is 0 Å². The van der Waals surface area contributed by atoms with Gasteiger partial charge in [-0.3, -0.25) is 4.79 Å². The van der Waals surface area contributed by atoms with Gasteiger partial charge in [0.25, 0.3) is 0 Å². The van der Waals surface area contributed by atoms with E-state index in [1.807, 2.05) is 36.4 Å². The predicted octanol–water partition coefficient (Wildman–Crippen LogP) is 3.34. The number of allylic oxidation sites excluding steroid dienone is 2. The molecule has 1 aromatic heterocycles. The number of nitriles is 1. The molecule has 22 heavy (non-hydrogen) atoms. The van der Waals surface area contributed by atoms with Crippen molar-refractivity contribution in [2.75, 3.05) is 0 Å². The van der Waals surface area contributed by atoms with Gasteiger partial charge < -0.3 is 14.9 Å². The zero-order valence-electron chi connectivity index (χ0n) is 12.3. The Balaban J connectivity index is 2.10. The Morgan fingerprint density at radius 2 is 2.14 bits per heavy atom. The van der Waals surface area contributed by atoms with Gasteiger partial charge in [-0.05, 0) is 40.1 Å². The molecule has 114 valence electrons. The fraction of sp³-hybridized carbons (Fsp3) is 0.375. The van der Waals surface area contributed by atoms with Gasteiger partial charge in [-0.25, -0.2) is 0 Å². The first-order chi connectivity index (χ1) is 10.3. The van der Waals surface area contributed by atoms with Gasteiger partial charge in [0.2, 0.25) is 0 Å². The molecule has 0 fully saturated rings. The first-order valence-corrected chi connectivity index (χ1v) is 7.98. The summed E-state index contributed by atoms with van der Waals surface area (Å²) in [6.07, 6.45) is 0.327. The molecule has 0 bridgehead atoms. The fourth-order valence-electron chi connectivity index (χ4n) is 2.93. The summed E-state index contributed by atoms with van der Waals surface area (Å²) in [5.41, 5.74) is 6.76. The van der Waals surface area contributed by atoms with Crippen molar-refractivity contribution in [3.8, 4) is 6.07 Å². The molecule has 0 unspecified atom stereocenters. The highest BCUT2D eigenvalue weighted by Gasteiger charge is 2.41. The Labute approximate surface area is 141 Å². The van der Waals surface area contributed by atoms with E-state index in [-0.39, 0.29) is 22.5 Å². The van der Waals surface area contributed by atoms with E-state index in [1.165, 1.54) is 0 Å². The molecule has 2 N–H and O–H groups in total. The van der Waals surface area contributed by atoms with E-state index < -0.39 is 6.10 Å². The summed E-state index contributed by atoms with van der Waals surface area (Å²) in [5.74, 6) is 1.02. The van der Waals surface area contributed by atoms with Crippen molar-refractivity contribution in [3.63, 3.8) is 0 Å². The van der Waals surface area contributed by atoms with E-state index in [2.05, 4.69) is 6.07 Å². The SMILES string of the molecule is CC1(C)CC(=O)C2=C(C1)O[C@H](c1ccc(I)o1)C(C#N)=C2N. The molecule has 1 atom stereocenters. The average Bonchev–Trinajstić information content (AvgIpc) is 2.82. The van der Waals surface area contributed by atoms with E-state index in [4.69, 9.17) is 14.9 Å². The molecule has 2 aliphatic rings. The lowest BCUT2D eigenvalue weighted by Gasteiger charge is -2.36. The quantitative estimate of drug-likeness (QED) is 0.718. The molecule has 0 amide bonds.